The topological polar surface area (TPSA) is 41.5 Å². The van der Waals surface area contributed by atoms with E-state index in [9.17, 15) is 5.11 Å². The van der Waals surface area contributed by atoms with Gasteiger partial charge >= 0.3 is 0 Å². The van der Waals surface area contributed by atoms with E-state index in [-0.39, 0.29) is 6.04 Å². The molecule has 20 heavy (non-hydrogen) atoms. The van der Waals surface area contributed by atoms with Gasteiger partial charge in [-0.1, -0.05) is 37.8 Å². The molecule has 1 rings (SSSR count). The number of aryl methyl sites for hydroxylation is 1. The fourth-order valence-electron chi connectivity index (χ4n) is 2.35. The first-order chi connectivity index (χ1) is 9.60. The van der Waals surface area contributed by atoms with Gasteiger partial charge in [0.2, 0.25) is 0 Å². The van der Waals surface area contributed by atoms with Crippen LogP contribution in [0, 0.1) is 6.92 Å². The number of rotatable bonds is 9. The SMILES string of the molecule is CCCCCCNC(C)C(O)c1cc(C)ccc1OC. The van der Waals surface area contributed by atoms with Crippen LogP contribution in [0.4, 0.5) is 0 Å². The summed E-state index contributed by atoms with van der Waals surface area (Å²) in [4.78, 5) is 0. The van der Waals surface area contributed by atoms with Crippen molar-refractivity contribution in [2.24, 2.45) is 0 Å². The maximum atomic E-state index is 10.5. The molecule has 1 aromatic rings. The minimum Gasteiger partial charge on any atom is -0.496 e. The minimum atomic E-state index is -0.545. The molecule has 0 saturated heterocycles. The smallest absolute Gasteiger partial charge is 0.124 e. The lowest BCUT2D eigenvalue weighted by molar-refractivity contribution is 0.132. The normalized spacial score (nSPS) is 14.1. The third-order valence-corrected chi connectivity index (χ3v) is 3.67. The molecule has 2 N–H and O–H groups in total. The van der Waals surface area contributed by atoms with E-state index in [2.05, 4.69) is 12.2 Å². The summed E-state index contributed by atoms with van der Waals surface area (Å²) in [6, 6.07) is 5.94. The Bertz CT molecular complexity index is 393. The largest absolute Gasteiger partial charge is 0.496 e. The van der Waals surface area contributed by atoms with Crippen molar-refractivity contribution in [3.63, 3.8) is 0 Å². The van der Waals surface area contributed by atoms with Crippen LogP contribution in [-0.2, 0) is 0 Å². The molecule has 0 aliphatic carbocycles. The first kappa shape index (κ1) is 17.0. The van der Waals surface area contributed by atoms with Crippen molar-refractivity contribution >= 4 is 0 Å². The van der Waals surface area contributed by atoms with Crippen LogP contribution in [0.3, 0.4) is 0 Å². The molecule has 114 valence electrons. The van der Waals surface area contributed by atoms with Crippen LogP contribution in [0.1, 0.15) is 56.8 Å². The summed E-state index contributed by atoms with van der Waals surface area (Å²) >= 11 is 0. The second-order valence-corrected chi connectivity index (χ2v) is 5.49. The highest BCUT2D eigenvalue weighted by molar-refractivity contribution is 5.39. The molecule has 0 bridgehead atoms. The van der Waals surface area contributed by atoms with Gasteiger partial charge in [0.1, 0.15) is 5.75 Å². The van der Waals surface area contributed by atoms with Crippen LogP contribution >= 0.6 is 0 Å². The van der Waals surface area contributed by atoms with E-state index in [1.807, 2.05) is 32.0 Å². The van der Waals surface area contributed by atoms with Gasteiger partial charge in [-0.3, -0.25) is 0 Å². The van der Waals surface area contributed by atoms with Crippen LogP contribution in [-0.4, -0.2) is 24.8 Å². The van der Waals surface area contributed by atoms with E-state index in [0.29, 0.717) is 0 Å². The Balaban J connectivity index is 2.55. The zero-order valence-electron chi connectivity index (χ0n) is 13.3. The Morgan fingerprint density at radius 3 is 2.65 bits per heavy atom. The highest BCUT2D eigenvalue weighted by atomic mass is 16.5. The van der Waals surface area contributed by atoms with Crippen molar-refractivity contribution in [3.05, 3.63) is 29.3 Å². The summed E-state index contributed by atoms with van der Waals surface area (Å²) in [6.45, 7) is 7.21. The monoisotopic (exact) mass is 279 g/mol. The van der Waals surface area contributed by atoms with Gasteiger partial charge in [0.05, 0.1) is 13.2 Å². The molecular formula is C17H29NO2. The number of aliphatic hydroxyl groups excluding tert-OH is 1. The van der Waals surface area contributed by atoms with Gasteiger partial charge in [-0.25, -0.2) is 0 Å². The predicted molar refractivity (Wildman–Crippen MR) is 84.3 cm³/mol. The summed E-state index contributed by atoms with van der Waals surface area (Å²) in [7, 11) is 1.64. The molecule has 1 aromatic carbocycles. The Morgan fingerprint density at radius 1 is 1.25 bits per heavy atom. The van der Waals surface area contributed by atoms with E-state index in [1.165, 1.54) is 19.3 Å². The maximum Gasteiger partial charge on any atom is 0.124 e. The molecule has 3 heteroatoms. The van der Waals surface area contributed by atoms with Crippen LogP contribution in [0.2, 0.25) is 0 Å². The van der Waals surface area contributed by atoms with Crippen LogP contribution in [0.5, 0.6) is 5.75 Å². The molecule has 0 spiro atoms. The van der Waals surface area contributed by atoms with Crippen molar-refractivity contribution < 1.29 is 9.84 Å². The quantitative estimate of drug-likeness (QED) is 0.679. The third kappa shape index (κ3) is 5.14. The molecule has 2 atom stereocenters. The predicted octanol–water partition coefficient (Wildman–Crippen LogP) is 3.60. The molecule has 0 fully saturated rings. The van der Waals surface area contributed by atoms with Crippen molar-refractivity contribution in [1.82, 2.24) is 5.32 Å². The van der Waals surface area contributed by atoms with Gasteiger partial charge < -0.3 is 15.2 Å². The number of benzene rings is 1. The lowest BCUT2D eigenvalue weighted by Crippen LogP contribution is -2.33. The molecular weight excluding hydrogens is 250 g/mol. The number of aliphatic hydroxyl groups is 1. The van der Waals surface area contributed by atoms with Crippen LogP contribution in [0.25, 0.3) is 0 Å². The summed E-state index contributed by atoms with van der Waals surface area (Å²) in [6.07, 6.45) is 4.40. The Morgan fingerprint density at radius 2 is 2.00 bits per heavy atom. The number of unbranched alkanes of at least 4 members (excludes halogenated alkanes) is 3. The standard InChI is InChI=1S/C17H29NO2/c1-5-6-7-8-11-18-14(3)17(19)15-12-13(2)9-10-16(15)20-4/h9-10,12,14,17-19H,5-8,11H2,1-4H3. The second kappa shape index (κ2) is 8.98. The number of ether oxygens (including phenoxy) is 1. The van der Waals surface area contributed by atoms with Crippen LogP contribution < -0.4 is 10.1 Å². The van der Waals surface area contributed by atoms with E-state index in [4.69, 9.17) is 4.74 Å². The van der Waals surface area contributed by atoms with Crippen molar-refractivity contribution in [2.45, 2.75) is 58.6 Å². The van der Waals surface area contributed by atoms with E-state index in [1.54, 1.807) is 7.11 Å². The van der Waals surface area contributed by atoms with Crippen molar-refractivity contribution in [1.29, 1.82) is 0 Å². The molecule has 2 unspecified atom stereocenters. The first-order valence-corrected chi connectivity index (χ1v) is 7.66. The van der Waals surface area contributed by atoms with Gasteiger partial charge in [-0.05, 0) is 38.9 Å². The highest BCUT2D eigenvalue weighted by Gasteiger charge is 2.19. The molecule has 0 saturated carbocycles. The fraction of sp³-hybridized carbons (Fsp3) is 0.647. The van der Waals surface area contributed by atoms with Gasteiger partial charge in [-0.2, -0.15) is 0 Å². The van der Waals surface area contributed by atoms with Gasteiger partial charge in [0.25, 0.3) is 0 Å². The van der Waals surface area contributed by atoms with Gasteiger partial charge in [0.15, 0.2) is 0 Å². The second-order valence-electron chi connectivity index (χ2n) is 5.49. The maximum absolute atomic E-state index is 10.5. The molecule has 0 aromatic heterocycles. The highest BCUT2D eigenvalue weighted by Crippen LogP contribution is 2.28. The third-order valence-electron chi connectivity index (χ3n) is 3.67. The summed E-state index contributed by atoms with van der Waals surface area (Å²) in [5, 5.41) is 13.9. The fourth-order valence-corrected chi connectivity index (χ4v) is 2.35. The molecule has 3 nitrogen and oxygen atoms in total. The lowest BCUT2D eigenvalue weighted by Gasteiger charge is -2.22. The van der Waals surface area contributed by atoms with E-state index in [0.717, 1.165) is 29.8 Å². The Hall–Kier alpha value is -1.06. The molecule has 0 radical (unpaired) electrons. The number of hydrogen-bond donors (Lipinski definition) is 2. The van der Waals surface area contributed by atoms with E-state index >= 15 is 0 Å². The molecule has 0 aliphatic rings. The number of hydrogen-bond acceptors (Lipinski definition) is 3. The zero-order valence-corrected chi connectivity index (χ0v) is 13.3. The lowest BCUT2D eigenvalue weighted by atomic mass is 10.00. The average molecular weight is 279 g/mol. The van der Waals surface area contributed by atoms with Gasteiger partial charge in [-0.15, -0.1) is 0 Å². The molecule has 0 heterocycles. The summed E-state index contributed by atoms with van der Waals surface area (Å²) < 4.78 is 5.34. The van der Waals surface area contributed by atoms with Crippen molar-refractivity contribution in [3.8, 4) is 5.75 Å². The minimum absolute atomic E-state index is 0.0207. The molecule has 0 aliphatic heterocycles. The number of nitrogens with one attached hydrogen (secondary N) is 1. The zero-order chi connectivity index (χ0) is 15.0. The number of methoxy groups -OCH3 is 1. The average Bonchev–Trinajstić information content (AvgIpc) is 2.46. The Kier molecular flexibility index (Phi) is 7.63. The van der Waals surface area contributed by atoms with Crippen LogP contribution in [0.15, 0.2) is 18.2 Å². The Labute approximate surface area is 123 Å². The summed E-state index contributed by atoms with van der Waals surface area (Å²) in [5.74, 6) is 0.753. The first-order valence-electron chi connectivity index (χ1n) is 7.66. The summed E-state index contributed by atoms with van der Waals surface area (Å²) in [5.41, 5.74) is 2.00. The van der Waals surface area contributed by atoms with E-state index < -0.39 is 6.10 Å². The van der Waals surface area contributed by atoms with Crippen molar-refractivity contribution in [2.75, 3.05) is 13.7 Å². The van der Waals surface area contributed by atoms with Gasteiger partial charge in [0, 0.05) is 11.6 Å². The molecule has 0 amide bonds.